The summed E-state index contributed by atoms with van der Waals surface area (Å²) in [4.78, 5) is 13.7. The number of hydrogen-bond donors (Lipinski definition) is 1. The summed E-state index contributed by atoms with van der Waals surface area (Å²) in [5.41, 5.74) is 5.84. The van der Waals surface area contributed by atoms with E-state index in [-0.39, 0.29) is 31.0 Å². The van der Waals surface area contributed by atoms with E-state index in [1.165, 1.54) is 0 Å². The molecule has 0 spiro atoms. The molecule has 6 heteroatoms. The Morgan fingerprint density at radius 1 is 1.53 bits per heavy atom. The maximum atomic E-state index is 11.9. The van der Waals surface area contributed by atoms with Crippen molar-refractivity contribution >= 4 is 29.9 Å². The molecule has 1 amide bonds. The zero-order valence-corrected chi connectivity index (χ0v) is 12.1. The SMILES string of the molecule is Cl.N[C@@H]1CCCN(C(=O)COc2cccc(Cl)c2)C1. The fourth-order valence-electron chi connectivity index (χ4n) is 2.03. The van der Waals surface area contributed by atoms with Crippen molar-refractivity contribution in [2.75, 3.05) is 19.7 Å². The molecule has 19 heavy (non-hydrogen) atoms. The van der Waals surface area contributed by atoms with Gasteiger partial charge in [0.1, 0.15) is 5.75 Å². The molecule has 1 saturated heterocycles. The first-order valence-electron chi connectivity index (χ1n) is 6.07. The molecular weight excluding hydrogens is 287 g/mol. The van der Waals surface area contributed by atoms with Crippen LogP contribution in [0.15, 0.2) is 24.3 Å². The van der Waals surface area contributed by atoms with Gasteiger partial charge in [-0.1, -0.05) is 17.7 Å². The smallest absolute Gasteiger partial charge is 0.260 e. The first-order valence-corrected chi connectivity index (χ1v) is 6.44. The minimum absolute atomic E-state index is 0. The number of likely N-dealkylation sites (tertiary alicyclic amines) is 1. The highest BCUT2D eigenvalue weighted by Gasteiger charge is 2.21. The second-order valence-corrected chi connectivity index (χ2v) is 4.92. The molecule has 0 bridgehead atoms. The van der Waals surface area contributed by atoms with Crippen LogP contribution < -0.4 is 10.5 Å². The summed E-state index contributed by atoms with van der Waals surface area (Å²) in [6.45, 7) is 1.43. The molecular formula is C13H18Cl2N2O2. The van der Waals surface area contributed by atoms with Gasteiger partial charge in [-0.25, -0.2) is 0 Å². The van der Waals surface area contributed by atoms with Crippen molar-refractivity contribution in [2.24, 2.45) is 5.73 Å². The van der Waals surface area contributed by atoms with E-state index in [2.05, 4.69) is 0 Å². The summed E-state index contributed by atoms with van der Waals surface area (Å²) in [5, 5.41) is 0.597. The van der Waals surface area contributed by atoms with Gasteiger partial charge in [-0.2, -0.15) is 0 Å². The van der Waals surface area contributed by atoms with E-state index in [0.29, 0.717) is 17.3 Å². The molecule has 106 valence electrons. The van der Waals surface area contributed by atoms with Crippen molar-refractivity contribution in [2.45, 2.75) is 18.9 Å². The normalized spacial score (nSPS) is 18.6. The van der Waals surface area contributed by atoms with Gasteiger partial charge in [0.25, 0.3) is 5.91 Å². The number of amides is 1. The van der Waals surface area contributed by atoms with Gasteiger partial charge in [0, 0.05) is 24.2 Å². The molecule has 1 aliphatic heterocycles. The highest BCUT2D eigenvalue weighted by molar-refractivity contribution is 6.30. The second-order valence-electron chi connectivity index (χ2n) is 4.49. The quantitative estimate of drug-likeness (QED) is 0.930. The summed E-state index contributed by atoms with van der Waals surface area (Å²) < 4.78 is 5.42. The van der Waals surface area contributed by atoms with Gasteiger partial charge in [0.15, 0.2) is 6.61 Å². The van der Waals surface area contributed by atoms with Crippen LogP contribution in [0.25, 0.3) is 0 Å². The third-order valence-corrected chi connectivity index (χ3v) is 3.20. The van der Waals surface area contributed by atoms with E-state index in [1.54, 1.807) is 29.2 Å². The number of piperidine rings is 1. The number of ether oxygens (including phenoxy) is 1. The van der Waals surface area contributed by atoms with E-state index in [0.717, 1.165) is 19.4 Å². The van der Waals surface area contributed by atoms with E-state index >= 15 is 0 Å². The predicted molar refractivity (Wildman–Crippen MR) is 78.0 cm³/mol. The Bertz CT molecular complexity index is 429. The van der Waals surface area contributed by atoms with Crippen LogP contribution in [-0.2, 0) is 4.79 Å². The topological polar surface area (TPSA) is 55.6 Å². The van der Waals surface area contributed by atoms with Gasteiger partial charge in [-0.3, -0.25) is 4.79 Å². The van der Waals surface area contributed by atoms with Gasteiger partial charge in [0.05, 0.1) is 0 Å². The number of carbonyl (C=O) groups excluding carboxylic acids is 1. The molecule has 1 aromatic rings. The van der Waals surface area contributed by atoms with Gasteiger partial charge in [-0.15, -0.1) is 12.4 Å². The molecule has 2 N–H and O–H groups in total. The Labute approximate surface area is 124 Å². The van der Waals surface area contributed by atoms with Gasteiger partial charge >= 0.3 is 0 Å². The highest BCUT2D eigenvalue weighted by Crippen LogP contribution is 2.17. The van der Waals surface area contributed by atoms with Crippen LogP contribution in [0.1, 0.15) is 12.8 Å². The number of benzene rings is 1. The van der Waals surface area contributed by atoms with Crippen molar-refractivity contribution in [3.05, 3.63) is 29.3 Å². The predicted octanol–water partition coefficient (Wildman–Crippen LogP) is 2.09. The second kappa shape index (κ2) is 7.58. The van der Waals surface area contributed by atoms with Crippen LogP contribution in [0, 0.1) is 0 Å². The van der Waals surface area contributed by atoms with Crippen molar-refractivity contribution in [1.29, 1.82) is 0 Å². The molecule has 0 radical (unpaired) electrons. The number of halogens is 2. The molecule has 0 aliphatic carbocycles. The Morgan fingerprint density at radius 3 is 3.00 bits per heavy atom. The molecule has 2 rings (SSSR count). The van der Waals surface area contributed by atoms with Crippen molar-refractivity contribution in [3.8, 4) is 5.75 Å². The number of carbonyl (C=O) groups is 1. The van der Waals surface area contributed by atoms with Crippen LogP contribution in [0.3, 0.4) is 0 Å². The third kappa shape index (κ3) is 4.90. The van der Waals surface area contributed by atoms with Crippen LogP contribution in [0.4, 0.5) is 0 Å². The Morgan fingerprint density at radius 2 is 2.32 bits per heavy atom. The average molecular weight is 305 g/mol. The van der Waals surface area contributed by atoms with E-state index < -0.39 is 0 Å². The lowest BCUT2D eigenvalue weighted by molar-refractivity contribution is -0.134. The third-order valence-electron chi connectivity index (χ3n) is 2.97. The van der Waals surface area contributed by atoms with Crippen LogP contribution >= 0.6 is 24.0 Å². The lowest BCUT2D eigenvalue weighted by Gasteiger charge is -2.30. The lowest BCUT2D eigenvalue weighted by Crippen LogP contribution is -2.47. The number of rotatable bonds is 3. The maximum Gasteiger partial charge on any atom is 0.260 e. The number of nitrogens with zero attached hydrogens (tertiary/aromatic N) is 1. The minimum Gasteiger partial charge on any atom is -0.484 e. The number of nitrogens with two attached hydrogens (primary N) is 1. The maximum absolute atomic E-state index is 11.9. The zero-order valence-electron chi connectivity index (χ0n) is 10.5. The highest BCUT2D eigenvalue weighted by atomic mass is 35.5. The first-order chi connectivity index (χ1) is 8.65. The van der Waals surface area contributed by atoms with Gasteiger partial charge in [0.2, 0.25) is 0 Å². The molecule has 1 aliphatic rings. The molecule has 4 nitrogen and oxygen atoms in total. The summed E-state index contributed by atoms with van der Waals surface area (Å²) >= 11 is 5.84. The van der Waals surface area contributed by atoms with Crippen molar-refractivity contribution in [1.82, 2.24) is 4.90 Å². The average Bonchev–Trinajstić information content (AvgIpc) is 2.36. The van der Waals surface area contributed by atoms with Crippen LogP contribution in [0.5, 0.6) is 5.75 Å². The van der Waals surface area contributed by atoms with Crippen LogP contribution in [-0.4, -0.2) is 36.5 Å². The van der Waals surface area contributed by atoms with Gasteiger partial charge < -0.3 is 15.4 Å². The largest absolute Gasteiger partial charge is 0.484 e. The Kier molecular flexibility index (Phi) is 6.42. The monoisotopic (exact) mass is 304 g/mol. The molecule has 1 fully saturated rings. The molecule has 1 heterocycles. The summed E-state index contributed by atoms with van der Waals surface area (Å²) in [7, 11) is 0. The summed E-state index contributed by atoms with van der Waals surface area (Å²) in [6.07, 6.45) is 1.95. The molecule has 1 aromatic carbocycles. The molecule has 0 aromatic heterocycles. The standard InChI is InChI=1S/C13H17ClN2O2.ClH/c14-10-3-1-5-12(7-10)18-9-13(17)16-6-2-4-11(15)8-16;/h1,3,5,7,11H,2,4,6,8-9,15H2;1H/t11-;/m1./s1. The Hall–Kier alpha value is -0.970. The fourth-order valence-corrected chi connectivity index (χ4v) is 2.21. The van der Waals surface area contributed by atoms with E-state index in [4.69, 9.17) is 22.1 Å². The molecule has 0 saturated carbocycles. The van der Waals surface area contributed by atoms with Gasteiger partial charge in [-0.05, 0) is 31.0 Å². The summed E-state index contributed by atoms with van der Waals surface area (Å²) in [6, 6.07) is 7.12. The van der Waals surface area contributed by atoms with E-state index in [1.807, 2.05) is 0 Å². The zero-order chi connectivity index (χ0) is 13.0. The van der Waals surface area contributed by atoms with Crippen molar-refractivity contribution in [3.63, 3.8) is 0 Å². The number of hydrogen-bond acceptors (Lipinski definition) is 3. The lowest BCUT2D eigenvalue weighted by atomic mass is 10.1. The Balaban J connectivity index is 0.00000180. The van der Waals surface area contributed by atoms with E-state index in [9.17, 15) is 4.79 Å². The molecule has 1 atom stereocenters. The minimum atomic E-state index is -0.0230. The van der Waals surface area contributed by atoms with Crippen molar-refractivity contribution < 1.29 is 9.53 Å². The van der Waals surface area contributed by atoms with Crippen LogP contribution in [0.2, 0.25) is 5.02 Å². The molecule has 0 unspecified atom stereocenters. The fraction of sp³-hybridized carbons (Fsp3) is 0.462. The first kappa shape index (κ1) is 16.1. The summed E-state index contributed by atoms with van der Waals surface area (Å²) in [5.74, 6) is 0.585.